The smallest absolute Gasteiger partial charge is 0.381 e. The van der Waals surface area contributed by atoms with E-state index < -0.39 is 17.5 Å². The van der Waals surface area contributed by atoms with E-state index in [-0.39, 0.29) is 6.61 Å². The van der Waals surface area contributed by atoms with Gasteiger partial charge in [-0.1, -0.05) is 18.2 Å². The van der Waals surface area contributed by atoms with Crippen molar-refractivity contribution in [1.29, 1.82) is 0 Å². The van der Waals surface area contributed by atoms with Gasteiger partial charge < -0.3 is 9.47 Å². The van der Waals surface area contributed by atoms with Gasteiger partial charge in [0.2, 0.25) is 0 Å². The molecule has 3 nitrogen and oxygen atoms in total. The first-order chi connectivity index (χ1) is 10.0. The monoisotopic (exact) mass is 292 g/mol. The number of hydrogen-bond donors (Lipinski definition) is 0. The molecule has 21 heavy (non-hydrogen) atoms. The number of benzene rings is 2. The summed E-state index contributed by atoms with van der Waals surface area (Å²) in [6, 6.07) is 14.0. The molecule has 0 aromatic heterocycles. The van der Waals surface area contributed by atoms with Crippen molar-refractivity contribution in [2.45, 2.75) is 12.8 Å². The molecule has 0 unspecified atom stereocenters. The van der Waals surface area contributed by atoms with Gasteiger partial charge in [0.1, 0.15) is 11.5 Å². The molecular formula is C16H14F2O3. The average molecular weight is 292 g/mol. The number of halogens is 2. The normalized spacial score (nSPS) is 11.0. The highest BCUT2D eigenvalue weighted by Gasteiger charge is 2.42. The zero-order valence-electron chi connectivity index (χ0n) is 11.4. The summed E-state index contributed by atoms with van der Waals surface area (Å²) in [5, 5.41) is 0. The van der Waals surface area contributed by atoms with E-state index in [9.17, 15) is 13.6 Å². The van der Waals surface area contributed by atoms with Crippen molar-refractivity contribution in [3.05, 3.63) is 60.2 Å². The van der Waals surface area contributed by atoms with Gasteiger partial charge in [-0.15, -0.1) is 0 Å². The Hall–Kier alpha value is -2.43. The minimum absolute atomic E-state index is 0.0936. The molecule has 0 heterocycles. The van der Waals surface area contributed by atoms with Gasteiger partial charge in [-0.05, 0) is 43.3 Å². The third kappa shape index (κ3) is 3.56. The summed E-state index contributed by atoms with van der Waals surface area (Å²) in [7, 11) is 0. The van der Waals surface area contributed by atoms with Crippen LogP contribution in [-0.4, -0.2) is 12.6 Å². The minimum Gasteiger partial charge on any atom is -0.461 e. The van der Waals surface area contributed by atoms with E-state index in [1.54, 1.807) is 24.3 Å². The van der Waals surface area contributed by atoms with Gasteiger partial charge in [0.25, 0.3) is 0 Å². The molecule has 0 saturated carbocycles. The highest BCUT2D eigenvalue weighted by molar-refractivity contribution is 5.79. The van der Waals surface area contributed by atoms with Crippen LogP contribution in [0.25, 0.3) is 0 Å². The number of ether oxygens (including phenoxy) is 2. The molecule has 2 aromatic carbocycles. The van der Waals surface area contributed by atoms with Gasteiger partial charge in [-0.2, -0.15) is 8.78 Å². The predicted molar refractivity (Wildman–Crippen MR) is 73.5 cm³/mol. The molecule has 5 heteroatoms. The summed E-state index contributed by atoms with van der Waals surface area (Å²) in [6.45, 7) is 1.38. The van der Waals surface area contributed by atoms with Gasteiger partial charge in [0, 0.05) is 5.56 Å². The van der Waals surface area contributed by atoms with E-state index in [1.807, 2.05) is 6.07 Å². The van der Waals surface area contributed by atoms with E-state index in [2.05, 4.69) is 4.74 Å². The fourth-order valence-corrected chi connectivity index (χ4v) is 1.70. The van der Waals surface area contributed by atoms with E-state index in [1.165, 1.54) is 19.1 Å². The second-order valence-electron chi connectivity index (χ2n) is 4.23. The maximum Gasteiger partial charge on any atom is 0.381 e. The molecule has 110 valence electrons. The Morgan fingerprint density at radius 2 is 1.57 bits per heavy atom. The lowest BCUT2D eigenvalue weighted by Crippen LogP contribution is -2.28. The zero-order valence-corrected chi connectivity index (χ0v) is 11.4. The van der Waals surface area contributed by atoms with Crippen molar-refractivity contribution < 1.29 is 23.0 Å². The number of carbonyl (C=O) groups excluding carboxylic acids is 1. The average Bonchev–Trinajstić information content (AvgIpc) is 2.49. The molecule has 0 radical (unpaired) electrons. The van der Waals surface area contributed by atoms with Gasteiger partial charge in [0.05, 0.1) is 6.61 Å². The lowest BCUT2D eigenvalue weighted by Gasteiger charge is -2.15. The fraction of sp³-hybridized carbons (Fsp3) is 0.188. The first-order valence-electron chi connectivity index (χ1n) is 6.42. The van der Waals surface area contributed by atoms with Crippen molar-refractivity contribution in [1.82, 2.24) is 0 Å². The van der Waals surface area contributed by atoms with Crippen molar-refractivity contribution in [2.75, 3.05) is 6.61 Å². The second-order valence-corrected chi connectivity index (χ2v) is 4.23. The van der Waals surface area contributed by atoms with Crippen LogP contribution in [0.3, 0.4) is 0 Å². The quantitative estimate of drug-likeness (QED) is 0.777. The van der Waals surface area contributed by atoms with Crippen LogP contribution in [0.1, 0.15) is 12.5 Å². The Labute approximate surface area is 121 Å². The van der Waals surface area contributed by atoms with Gasteiger partial charge in [-0.25, -0.2) is 4.79 Å². The van der Waals surface area contributed by atoms with E-state index >= 15 is 0 Å². The number of para-hydroxylation sites is 1. The SMILES string of the molecule is CCOC(=O)C(F)(F)c1ccc(Oc2ccccc2)cc1. The molecular weight excluding hydrogens is 278 g/mol. The maximum absolute atomic E-state index is 13.8. The van der Waals surface area contributed by atoms with Crippen LogP contribution in [0.4, 0.5) is 8.78 Å². The Morgan fingerprint density at radius 1 is 1.00 bits per heavy atom. The Bertz CT molecular complexity index is 595. The molecule has 0 saturated heterocycles. The second kappa shape index (κ2) is 6.35. The van der Waals surface area contributed by atoms with Crippen LogP contribution in [0, 0.1) is 0 Å². The molecule has 2 aromatic rings. The van der Waals surface area contributed by atoms with Crippen LogP contribution < -0.4 is 4.74 Å². The van der Waals surface area contributed by atoms with Crippen LogP contribution >= 0.6 is 0 Å². The molecule has 0 bridgehead atoms. The number of carbonyl (C=O) groups is 1. The highest BCUT2D eigenvalue weighted by Crippen LogP contribution is 2.31. The summed E-state index contributed by atoms with van der Waals surface area (Å²) in [5.74, 6) is -4.21. The zero-order chi connectivity index (χ0) is 15.3. The fourth-order valence-electron chi connectivity index (χ4n) is 1.70. The maximum atomic E-state index is 13.8. The van der Waals surface area contributed by atoms with Gasteiger partial charge >= 0.3 is 11.9 Å². The Balaban J connectivity index is 2.13. The summed E-state index contributed by atoms with van der Waals surface area (Å²) >= 11 is 0. The summed E-state index contributed by atoms with van der Waals surface area (Å²) in [6.07, 6.45) is 0. The molecule has 0 aliphatic heterocycles. The largest absolute Gasteiger partial charge is 0.461 e. The molecule has 0 amide bonds. The number of esters is 1. The van der Waals surface area contributed by atoms with E-state index in [0.29, 0.717) is 11.5 Å². The van der Waals surface area contributed by atoms with Crippen LogP contribution in [-0.2, 0) is 15.5 Å². The molecule has 0 aliphatic carbocycles. The molecule has 2 rings (SSSR count). The van der Waals surface area contributed by atoms with Crippen molar-refractivity contribution in [3.63, 3.8) is 0 Å². The molecule has 0 N–H and O–H groups in total. The number of rotatable bonds is 5. The Kier molecular flexibility index (Phi) is 4.52. The molecule has 0 spiro atoms. The third-order valence-electron chi connectivity index (χ3n) is 2.73. The molecule has 0 fully saturated rings. The van der Waals surface area contributed by atoms with E-state index in [0.717, 1.165) is 12.1 Å². The van der Waals surface area contributed by atoms with Crippen molar-refractivity contribution in [2.24, 2.45) is 0 Å². The standard InChI is InChI=1S/C16H14F2O3/c1-2-20-15(19)16(17,18)12-8-10-14(11-9-12)21-13-6-4-3-5-7-13/h3-11H,2H2,1H3. The first-order valence-corrected chi connectivity index (χ1v) is 6.42. The predicted octanol–water partition coefficient (Wildman–Crippen LogP) is 4.13. The summed E-state index contributed by atoms with van der Waals surface area (Å²) < 4.78 is 37.4. The van der Waals surface area contributed by atoms with Gasteiger partial charge in [-0.3, -0.25) is 0 Å². The molecule has 0 aliphatic rings. The van der Waals surface area contributed by atoms with E-state index in [4.69, 9.17) is 4.74 Å². The summed E-state index contributed by atoms with van der Waals surface area (Å²) in [4.78, 5) is 11.2. The topological polar surface area (TPSA) is 35.5 Å². The molecule has 0 atom stereocenters. The first kappa shape index (κ1) is 15.0. The number of alkyl halides is 2. The Morgan fingerprint density at radius 3 is 2.14 bits per heavy atom. The third-order valence-corrected chi connectivity index (χ3v) is 2.73. The van der Waals surface area contributed by atoms with Crippen LogP contribution in [0.2, 0.25) is 0 Å². The highest BCUT2D eigenvalue weighted by atomic mass is 19.3. The summed E-state index contributed by atoms with van der Waals surface area (Å²) in [5.41, 5.74) is -0.429. The minimum atomic E-state index is -3.67. The lowest BCUT2D eigenvalue weighted by atomic mass is 10.1. The van der Waals surface area contributed by atoms with Crippen LogP contribution in [0.5, 0.6) is 11.5 Å². The van der Waals surface area contributed by atoms with Crippen LogP contribution in [0.15, 0.2) is 54.6 Å². The van der Waals surface area contributed by atoms with Crippen molar-refractivity contribution in [3.8, 4) is 11.5 Å². The lowest BCUT2D eigenvalue weighted by molar-refractivity contribution is -0.173. The number of hydrogen-bond acceptors (Lipinski definition) is 3. The van der Waals surface area contributed by atoms with Gasteiger partial charge in [0.15, 0.2) is 0 Å². The van der Waals surface area contributed by atoms with Crippen molar-refractivity contribution >= 4 is 5.97 Å².